The van der Waals surface area contributed by atoms with Crippen LogP contribution in [0.5, 0.6) is 0 Å². The van der Waals surface area contributed by atoms with Gasteiger partial charge in [-0.15, -0.1) is 12.4 Å². The summed E-state index contributed by atoms with van der Waals surface area (Å²) in [6, 6.07) is 7.53. The van der Waals surface area contributed by atoms with Gasteiger partial charge in [0.2, 0.25) is 0 Å². The lowest BCUT2D eigenvalue weighted by molar-refractivity contribution is 0.0988. The molecule has 0 aliphatic carbocycles. The number of carbonyl (C=O) groups excluding carboxylic acids is 1. The standard InChI is InChI=1S/C10H13NO.ClH/c1-3-10(12)8-5-4-6-9(7-8)11-2;/h4-7,11H,3H2,1-2H3;1H. The van der Waals surface area contributed by atoms with Gasteiger partial charge in [0.15, 0.2) is 5.78 Å². The highest BCUT2D eigenvalue weighted by Gasteiger charge is 2.01. The predicted molar refractivity (Wildman–Crippen MR) is 57.9 cm³/mol. The molecular formula is C10H14ClNO. The van der Waals surface area contributed by atoms with Crippen molar-refractivity contribution in [2.75, 3.05) is 12.4 Å². The molecule has 0 heterocycles. The van der Waals surface area contributed by atoms with Gasteiger partial charge in [0.25, 0.3) is 0 Å². The molecule has 2 nitrogen and oxygen atoms in total. The smallest absolute Gasteiger partial charge is 0.162 e. The number of hydrogen-bond acceptors (Lipinski definition) is 2. The SMILES string of the molecule is CCC(=O)c1cccc(NC)c1.Cl. The Bertz CT molecular complexity index is 286. The zero-order valence-electron chi connectivity index (χ0n) is 7.83. The molecule has 13 heavy (non-hydrogen) atoms. The topological polar surface area (TPSA) is 29.1 Å². The van der Waals surface area contributed by atoms with Gasteiger partial charge in [0, 0.05) is 24.7 Å². The zero-order valence-corrected chi connectivity index (χ0v) is 8.65. The first-order valence-corrected chi connectivity index (χ1v) is 4.09. The summed E-state index contributed by atoms with van der Waals surface area (Å²) in [6.07, 6.45) is 0.563. The summed E-state index contributed by atoms with van der Waals surface area (Å²) in [6.45, 7) is 1.87. The average molecular weight is 200 g/mol. The molecule has 0 bridgehead atoms. The quantitative estimate of drug-likeness (QED) is 0.759. The molecule has 1 aromatic carbocycles. The van der Waals surface area contributed by atoms with Crippen molar-refractivity contribution >= 4 is 23.9 Å². The molecule has 1 N–H and O–H groups in total. The highest BCUT2D eigenvalue weighted by atomic mass is 35.5. The fraction of sp³-hybridized carbons (Fsp3) is 0.300. The van der Waals surface area contributed by atoms with Gasteiger partial charge in [-0.2, -0.15) is 0 Å². The molecule has 0 fully saturated rings. The van der Waals surface area contributed by atoms with Crippen LogP contribution in [0.1, 0.15) is 23.7 Å². The Balaban J connectivity index is 0.00000144. The van der Waals surface area contributed by atoms with Crippen LogP contribution in [0.3, 0.4) is 0 Å². The molecule has 1 rings (SSSR count). The van der Waals surface area contributed by atoms with Crippen LogP contribution in [0.4, 0.5) is 5.69 Å². The van der Waals surface area contributed by atoms with Gasteiger partial charge in [-0.3, -0.25) is 4.79 Å². The van der Waals surface area contributed by atoms with Crippen molar-refractivity contribution < 1.29 is 4.79 Å². The number of carbonyl (C=O) groups is 1. The first-order chi connectivity index (χ1) is 5.77. The minimum absolute atomic E-state index is 0. The molecule has 0 saturated heterocycles. The van der Waals surface area contributed by atoms with Crippen LogP contribution in [-0.4, -0.2) is 12.8 Å². The lowest BCUT2D eigenvalue weighted by atomic mass is 10.1. The van der Waals surface area contributed by atoms with Crippen LogP contribution in [0.25, 0.3) is 0 Å². The summed E-state index contributed by atoms with van der Waals surface area (Å²) < 4.78 is 0. The molecule has 0 aliphatic heterocycles. The largest absolute Gasteiger partial charge is 0.388 e. The Morgan fingerprint density at radius 2 is 2.15 bits per heavy atom. The van der Waals surface area contributed by atoms with Crippen LogP contribution in [0.15, 0.2) is 24.3 Å². The van der Waals surface area contributed by atoms with E-state index in [-0.39, 0.29) is 18.2 Å². The van der Waals surface area contributed by atoms with Crippen molar-refractivity contribution in [2.24, 2.45) is 0 Å². The molecule has 0 aromatic heterocycles. The van der Waals surface area contributed by atoms with Crippen LogP contribution >= 0.6 is 12.4 Å². The van der Waals surface area contributed by atoms with Crippen molar-refractivity contribution in [2.45, 2.75) is 13.3 Å². The highest BCUT2D eigenvalue weighted by molar-refractivity contribution is 5.96. The minimum atomic E-state index is 0. The van der Waals surface area contributed by atoms with Gasteiger partial charge >= 0.3 is 0 Å². The van der Waals surface area contributed by atoms with Crippen molar-refractivity contribution in [1.29, 1.82) is 0 Å². The molecular weight excluding hydrogens is 186 g/mol. The van der Waals surface area contributed by atoms with E-state index in [4.69, 9.17) is 0 Å². The molecule has 0 spiro atoms. The Hall–Kier alpha value is -1.02. The van der Waals surface area contributed by atoms with Gasteiger partial charge < -0.3 is 5.32 Å². The summed E-state index contributed by atoms with van der Waals surface area (Å²) in [5.41, 5.74) is 1.76. The second-order valence-electron chi connectivity index (χ2n) is 2.61. The van der Waals surface area contributed by atoms with E-state index in [0.29, 0.717) is 6.42 Å². The Labute approximate surface area is 84.8 Å². The monoisotopic (exact) mass is 199 g/mol. The zero-order chi connectivity index (χ0) is 8.97. The fourth-order valence-electron chi connectivity index (χ4n) is 1.05. The predicted octanol–water partition coefficient (Wildman–Crippen LogP) is 2.74. The molecule has 1 aromatic rings. The summed E-state index contributed by atoms with van der Waals surface area (Å²) in [7, 11) is 1.84. The third-order valence-electron chi connectivity index (χ3n) is 1.79. The molecule has 0 unspecified atom stereocenters. The van der Waals surface area contributed by atoms with Crippen molar-refractivity contribution in [3.8, 4) is 0 Å². The van der Waals surface area contributed by atoms with Crippen molar-refractivity contribution in [1.82, 2.24) is 0 Å². The van der Waals surface area contributed by atoms with E-state index in [9.17, 15) is 4.79 Å². The lowest BCUT2D eigenvalue weighted by Gasteiger charge is -2.01. The summed E-state index contributed by atoms with van der Waals surface area (Å²) in [4.78, 5) is 11.3. The van der Waals surface area contributed by atoms with Gasteiger partial charge in [-0.1, -0.05) is 19.1 Å². The third-order valence-corrected chi connectivity index (χ3v) is 1.79. The van der Waals surface area contributed by atoms with Crippen LogP contribution in [-0.2, 0) is 0 Å². The maximum Gasteiger partial charge on any atom is 0.162 e. The van der Waals surface area contributed by atoms with E-state index < -0.39 is 0 Å². The van der Waals surface area contributed by atoms with Crippen LogP contribution in [0, 0.1) is 0 Å². The fourth-order valence-corrected chi connectivity index (χ4v) is 1.05. The first kappa shape index (κ1) is 12.0. The minimum Gasteiger partial charge on any atom is -0.388 e. The number of halogens is 1. The van der Waals surface area contributed by atoms with Crippen LogP contribution in [0.2, 0.25) is 0 Å². The summed E-state index contributed by atoms with van der Waals surface area (Å²) >= 11 is 0. The number of rotatable bonds is 3. The van der Waals surface area contributed by atoms with E-state index in [1.807, 2.05) is 38.2 Å². The third kappa shape index (κ3) is 3.07. The van der Waals surface area contributed by atoms with Gasteiger partial charge in [-0.25, -0.2) is 0 Å². The van der Waals surface area contributed by atoms with E-state index in [1.165, 1.54) is 0 Å². The normalized spacial score (nSPS) is 8.77. The van der Waals surface area contributed by atoms with Gasteiger partial charge in [0.05, 0.1) is 0 Å². The molecule has 0 atom stereocenters. The molecule has 0 aliphatic rings. The number of ketones is 1. The number of anilines is 1. The molecule has 0 radical (unpaired) electrons. The second-order valence-corrected chi connectivity index (χ2v) is 2.61. The van der Waals surface area contributed by atoms with E-state index in [2.05, 4.69) is 5.32 Å². The number of Topliss-reactive ketones (excluding diaryl/α,β-unsaturated/α-hetero) is 1. The van der Waals surface area contributed by atoms with Crippen LogP contribution < -0.4 is 5.32 Å². The van der Waals surface area contributed by atoms with Gasteiger partial charge in [0.1, 0.15) is 0 Å². The first-order valence-electron chi connectivity index (χ1n) is 4.09. The number of nitrogens with one attached hydrogen (secondary N) is 1. The van der Waals surface area contributed by atoms with E-state index >= 15 is 0 Å². The second kappa shape index (κ2) is 5.60. The molecule has 72 valence electrons. The number of hydrogen-bond donors (Lipinski definition) is 1. The Morgan fingerprint density at radius 3 is 2.69 bits per heavy atom. The number of benzene rings is 1. The van der Waals surface area contributed by atoms with Gasteiger partial charge in [-0.05, 0) is 12.1 Å². The van der Waals surface area contributed by atoms with E-state index in [0.717, 1.165) is 11.3 Å². The van der Waals surface area contributed by atoms with E-state index in [1.54, 1.807) is 0 Å². The summed E-state index contributed by atoms with van der Waals surface area (Å²) in [5.74, 6) is 0.187. The van der Waals surface area contributed by atoms with Crippen molar-refractivity contribution in [3.63, 3.8) is 0 Å². The summed E-state index contributed by atoms with van der Waals surface area (Å²) in [5, 5.41) is 2.99. The molecule has 0 amide bonds. The maximum absolute atomic E-state index is 11.3. The van der Waals surface area contributed by atoms with Crippen molar-refractivity contribution in [3.05, 3.63) is 29.8 Å². The Morgan fingerprint density at radius 1 is 1.46 bits per heavy atom. The highest BCUT2D eigenvalue weighted by Crippen LogP contribution is 2.11. The molecule has 0 saturated carbocycles. The Kier molecular flexibility index (Phi) is 5.16. The maximum atomic E-state index is 11.3. The molecule has 3 heteroatoms. The average Bonchev–Trinajstić information content (AvgIpc) is 2.17. The lowest BCUT2D eigenvalue weighted by Crippen LogP contribution is -1.97.